The molecule has 0 unspecified atom stereocenters. The smallest absolute Gasteiger partial charge is 0.225 e. The van der Waals surface area contributed by atoms with E-state index in [4.69, 9.17) is 5.73 Å². The highest BCUT2D eigenvalue weighted by molar-refractivity contribution is 5.91. The van der Waals surface area contributed by atoms with Crippen molar-refractivity contribution < 1.29 is 14.7 Å². The molecule has 2 aliphatic carbocycles. The van der Waals surface area contributed by atoms with Gasteiger partial charge in [0.15, 0.2) is 5.82 Å². The number of nitrogens with one attached hydrogen (secondary N) is 1. The Morgan fingerprint density at radius 3 is 2.25 bits per heavy atom. The van der Waals surface area contributed by atoms with E-state index in [2.05, 4.69) is 15.5 Å². The lowest BCUT2D eigenvalue weighted by Gasteiger charge is -2.49. The summed E-state index contributed by atoms with van der Waals surface area (Å²) in [6.45, 7) is 3.41. The highest BCUT2D eigenvalue weighted by Gasteiger charge is 2.49. The van der Waals surface area contributed by atoms with E-state index in [1.165, 1.54) is 0 Å². The molecule has 2 aromatic carbocycles. The van der Waals surface area contributed by atoms with Gasteiger partial charge in [-0.2, -0.15) is 0 Å². The minimum Gasteiger partial charge on any atom is -0.390 e. The van der Waals surface area contributed by atoms with Crippen molar-refractivity contribution in [2.24, 2.45) is 11.7 Å². The topological polar surface area (TPSA) is 121 Å². The van der Waals surface area contributed by atoms with Gasteiger partial charge in [0.05, 0.1) is 5.60 Å². The van der Waals surface area contributed by atoms with Crippen LogP contribution in [0.15, 0.2) is 60.7 Å². The fourth-order valence-corrected chi connectivity index (χ4v) is 6.42. The maximum atomic E-state index is 12.9. The van der Waals surface area contributed by atoms with Crippen LogP contribution in [0.3, 0.4) is 0 Å². The molecule has 2 fully saturated rings. The van der Waals surface area contributed by atoms with Crippen LogP contribution in [0, 0.1) is 5.92 Å². The van der Waals surface area contributed by atoms with Gasteiger partial charge in [-0.1, -0.05) is 54.6 Å². The predicted molar refractivity (Wildman–Crippen MR) is 156 cm³/mol. The first-order valence-electron chi connectivity index (χ1n) is 14.1. The van der Waals surface area contributed by atoms with E-state index in [1.807, 2.05) is 79.5 Å². The van der Waals surface area contributed by atoms with Gasteiger partial charge >= 0.3 is 0 Å². The highest BCUT2D eigenvalue weighted by Crippen LogP contribution is 2.46. The summed E-state index contributed by atoms with van der Waals surface area (Å²) in [5.41, 5.74) is 9.75. The van der Waals surface area contributed by atoms with Crippen LogP contribution in [0.4, 0.5) is 5.82 Å². The monoisotopic (exact) mass is 541 g/mol. The van der Waals surface area contributed by atoms with Crippen LogP contribution in [0.5, 0.6) is 0 Å². The molecule has 1 aromatic heterocycles. The number of carbonyl (C=O) groups is 2. The molecule has 0 bridgehead atoms. The van der Waals surface area contributed by atoms with Crippen LogP contribution in [-0.4, -0.2) is 50.7 Å². The Morgan fingerprint density at radius 1 is 1.00 bits per heavy atom. The second-order valence-electron chi connectivity index (χ2n) is 12.0. The SMILES string of the molecule is CC(=O)N(C)[C@H]1CC[C@H](CC(=O)Nc2cc(-c3ccccc3)c(-c3ccc([C@]4(N)C[C@](C)(O)C4)cc3)nn2)CC1. The molecule has 8 heteroatoms. The van der Waals surface area contributed by atoms with Gasteiger partial charge in [0.25, 0.3) is 0 Å². The molecule has 0 spiro atoms. The summed E-state index contributed by atoms with van der Waals surface area (Å²) in [6.07, 6.45) is 5.17. The van der Waals surface area contributed by atoms with E-state index in [9.17, 15) is 14.7 Å². The summed E-state index contributed by atoms with van der Waals surface area (Å²) in [4.78, 5) is 26.4. The van der Waals surface area contributed by atoms with E-state index in [0.717, 1.165) is 53.6 Å². The third-order valence-corrected chi connectivity index (χ3v) is 8.61. The van der Waals surface area contributed by atoms with Crippen molar-refractivity contribution in [2.45, 2.75) is 76.0 Å². The zero-order valence-electron chi connectivity index (χ0n) is 23.6. The summed E-state index contributed by atoms with van der Waals surface area (Å²) in [5.74, 6) is 0.732. The quantitative estimate of drug-likeness (QED) is 0.392. The Kier molecular flexibility index (Phi) is 7.75. The van der Waals surface area contributed by atoms with Crippen molar-refractivity contribution in [3.63, 3.8) is 0 Å². The summed E-state index contributed by atoms with van der Waals surface area (Å²) in [6, 6.07) is 20.1. The van der Waals surface area contributed by atoms with Gasteiger partial charge in [-0.05, 0) is 68.6 Å². The third kappa shape index (κ3) is 6.08. The molecule has 0 aliphatic heterocycles. The summed E-state index contributed by atoms with van der Waals surface area (Å²) in [7, 11) is 1.86. The number of aliphatic hydroxyl groups is 1. The highest BCUT2D eigenvalue weighted by atomic mass is 16.3. The van der Waals surface area contributed by atoms with E-state index in [1.54, 1.807) is 6.92 Å². The molecule has 40 heavy (non-hydrogen) atoms. The fourth-order valence-electron chi connectivity index (χ4n) is 6.42. The van der Waals surface area contributed by atoms with Gasteiger partial charge in [-0.15, -0.1) is 10.2 Å². The van der Waals surface area contributed by atoms with Crippen LogP contribution in [0.2, 0.25) is 0 Å². The fraction of sp³-hybridized carbons (Fsp3) is 0.438. The van der Waals surface area contributed by atoms with Crippen LogP contribution >= 0.6 is 0 Å². The number of nitrogens with zero attached hydrogens (tertiary/aromatic N) is 3. The van der Waals surface area contributed by atoms with Gasteiger partial charge in [-0.3, -0.25) is 9.59 Å². The Balaban J connectivity index is 1.30. The molecule has 4 N–H and O–H groups in total. The van der Waals surface area contributed by atoms with E-state index >= 15 is 0 Å². The van der Waals surface area contributed by atoms with Crippen molar-refractivity contribution in [3.05, 3.63) is 66.2 Å². The van der Waals surface area contributed by atoms with Gasteiger partial charge in [-0.25, -0.2) is 0 Å². The Hall–Kier alpha value is -3.62. The van der Waals surface area contributed by atoms with Crippen LogP contribution in [0.25, 0.3) is 22.4 Å². The van der Waals surface area contributed by atoms with Crippen molar-refractivity contribution in [1.82, 2.24) is 15.1 Å². The minimum absolute atomic E-state index is 0.0709. The lowest BCUT2D eigenvalue weighted by molar-refractivity contribution is -0.130. The maximum Gasteiger partial charge on any atom is 0.225 e. The number of carbonyl (C=O) groups excluding carboxylic acids is 2. The van der Waals surface area contributed by atoms with Gasteiger partial charge < -0.3 is 21.1 Å². The second kappa shape index (κ2) is 11.1. The predicted octanol–water partition coefficient (Wildman–Crippen LogP) is 4.88. The Bertz CT molecular complexity index is 1360. The zero-order valence-corrected chi connectivity index (χ0v) is 23.6. The summed E-state index contributed by atoms with van der Waals surface area (Å²) >= 11 is 0. The first-order valence-corrected chi connectivity index (χ1v) is 14.1. The first-order chi connectivity index (χ1) is 19.0. The first kappa shape index (κ1) is 27.9. The normalized spacial score (nSPS) is 26.0. The molecule has 2 saturated carbocycles. The van der Waals surface area contributed by atoms with Gasteiger partial charge in [0, 0.05) is 43.1 Å². The van der Waals surface area contributed by atoms with Gasteiger partial charge in [0.2, 0.25) is 11.8 Å². The Morgan fingerprint density at radius 2 is 1.65 bits per heavy atom. The number of rotatable bonds is 7. The molecule has 3 aromatic rings. The standard InChI is InChI=1S/C32H39N5O3/c1-21(38)37(3)26-15-9-22(10-16-26)17-29(39)34-28-18-27(23-7-5-4-6-8-23)30(36-35-28)24-11-13-25(14-12-24)32(33)19-31(2,40)20-32/h4-8,11-14,18,22,26,40H,9-10,15-17,19-20,33H2,1-3H3,(H,34,35,39)/t22-,26-,31-,32-. The number of benzene rings is 2. The number of hydrogen-bond donors (Lipinski definition) is 3. The average Bonchev–Trinajstić information content (AvgIpc) is 2.92. The number of aromatic nitrogens is 2. The van der Waals surface area contributed by atoms with Crippen molar-refractivity contribution >= 4 is 17.6 Å². The minimum atomic E-state index is -0.717. The van der Waals surface area contributed by atoms with Crippen LogP contribution in [0.1, 0.15) is 64.4 Å². The average molecular weight is 542 g/mol. The lowest BCUT2D eigenvalue weighted by atomic mass is 9.63. The number of nitrogens with two attached hydrogens (primary N) is 1. The van der Waals surface area contributed by atoms with E-state index in [0.29, 0.717) is 31.0 Å². The third-order valence-electron chi connectivity index (χ3n) is 8.61. The lowest BCUT2D eigenvalue weighted by Crippen LogP contribution is -2.58. The molecule has 0 radical (unpaired) electrons. The Labute approximate surface area is 236 Å². The van der Waals surface area contributed by atoms with E-state index in [-0.39, 0.29) is 17.9 Å². The molecular weight excluding hydrogens is 502 g/mol. The maximum absolute atomic E-state index is 12.9. The van der Waals surface area contributed by atoms with Crippen molar-refractivity contribution in [1.29, 1.82) is 0 Å². The van der Waals surface area contributed by atoms with Crippen molar-refractivity contribution in [3.8, 4) is 22.4 Å². The zero-order chi connectivity index (χ0) is 28.5. The van der Waals surface area contributed by atoms with Gasteiger partial charge in [0.1, 0.15) is 5.69 Å². The molecule has 5 rings (SSSR count). The summed E-state index contributed by atoms with van der Waals surface area (Å²) < 4.78 is 0. The molecule has 1 heterocycles. The number of amides is 2. The molecule has 2 amide bonds. The van der Waals surface area contributed by atoms with E-state index < -0.39 is 11.1 Å². The second-order valence-corrected chi connectivity index (χ2v) is 12.0. The molecule has 0 atom stereocenters. The van der Waals surface area contributed by atoms with Crippen molar-refractivity contribution in [2.75, 3.05) is 12.4 Å². The molecule has 2 aliphatic rings. The molecule has 210 valence electrons. The molecule has 8 nitrogen and oxygen atoms in total. The summed E-state index contributed by atoms with van der Waals surface area (Å²) in [5, 5.41) is 22.1. The van der Waals surface area contributed by atoms with Crippen LogP contribution < -0.4 is 11.1 Å². The largest absolute Gasteiger partial charge is 0.390 e. The van der Waals surface area contributed by atoms with Crippen LogP contribution in [-0.2, 0) is 15.1 Å². The molecular formula is C32H39N5O3. The number of anilines is 1. The molecule has 0 saturated heterocycles. The number of hydrogen-bond acceptors (Lipinski definition) is 6.